The normalized spacial score (nSPS) is 26.6. The summed E-state index contributed by atoms with van der Waals surface area (Å²) in [5.74, 6) is 0.368. The molecule has 0 spiro atoms. The molecular weight excluding hydrogens is 364 g/mol. The molecule has 2 aromatic rings. The molecule has 1 aliphatic heterocycles. The molecule has 0 amide bonds. The smallest absolute Gasteiger partial charge is 0.192 e. The summed E-state index contributed by atoms with van der Waals surface area (Å²) in [5, 5.41) is 14.2. The summed E-state index contributed by atoms with van der Waals surface area (Å²) >= 11 is 0. The predicted octanol–water partition coefficient (Wildman–Crippen LogP) is 2.09. The summed E-state index contributed by atoms with van der Waals surface area (Å²) in [7, 11) is -2.17. The lowest BCUT2D eigenvalue weighted by Gasteiger charge is -2.41. The second-order valence-electron chi connectivity index (χ2n) is 8.64. The van der Waals surface area contributed by atoms with Crippen LogP contribution in [0.2, 0.25) is 18.1 Å². The molecule has 9 heteroatoms. The van der Waals surface area contributed by atoms with Gasteiger partial charge in [-0.1, -0.05) is 20.8 Å². The van der Waals surface area contributed by atoms with Crippen molar-refractivity contribution in [3.63, 3.8) is 0 Å². The van der Waals surface area contributed by atoms with Gasteiger partial charge in [0, 0.05) is 6.42 Å². The first kappa shape index (κ1) is 19.9. The van der Waals surface area contributed by atoms with Crippen LogP contribution in [-0.2, 0) is 14.0 Å². The molecule has 8 nitrogen and oxygen atoms in total. The van der Waals surface area contributed by atoms with Crippen LogP contribution in [0.1, 0.15) is 39.0 Å². The van der Waals surface area contributed by atoms with E-state index in [1.54, 1.807) is 4.52 Å². The molecule has 0 aliphatic carbocycles. The van der Waals surface area contributed by atoms with Crippen LogP contribution in [0.5, 0.6) is 0 Å². The average Bonchev–Trinajstić information content (AvgIpc) is 3.16. The number of anilines is 1. The van der Waals surface area contributed by atoms with Gasteiger partial charge >= 0.3 is 0 Å². The van der Waals surface area contributed by atoms with Crippen LogP contribution in [0.25, 0.3) is 5.52 Å². The van der Waals surface area contributed by atoms with Gasteiger partial charge in [0.1, 0.15) is 17.9 Å². The molecule has 1 saturated heterocycles. The lowest BCUT2D eigenvalue weighted by Crippen LogP contribution is -2.53. The first-order valence-electron chi connectivity index (χ1n) is 9.05. The number of hydrogen-bond acceptors (Lipinski definition) is 7. The number of hydrogen-bond donors (Lipinski definition) is 2. The Morgan fingerprint density at radius 1 is 1.48 bits per heavy atom. The molecule has 0 aromatic carbocycles. The van der Waals surface area contributed by atoms with E-state index in [1.807, 2.05) is 12.1 Å². The molecule has 3 rings (SSSR count). The SMILES string of the molecule is CC(C)(C)[Si](C)(C)O[C@H]1C[C@H](c2ccc3c(N)ncnn23)O[C@]1(C=O)CO. The highest BCUT2D eigenvalue weighted by Crippen LogP contribution is 2.45. The van der Waals surface area contributed by atoms with Gasteiger partial charge in [0.15, 0.2) is 26.0 Å². The lowest BCUT2D eigenvalue weighted by atomic mass is 9.99. The molecule has 0 bridgehead atoms. The summed E-state index contributed by atoms with van der Waals surface area (Å²) in [6.07, 6.45) is 1.51. The number of aromatic nitrogens is 3. The van der Waals surface area contributed by atoms with Crippen molar-refractivity contribution in [2.24, 2.45) is 0 Å². The molecule has 1 aliphatic rings. The molecule has 27 heavy (non-hydrogen) atoms. The third-order valence-electron chi connectivity index (χ3n) is 5.87. The van der Waals surface area contributed by atoms with Gasteiger partial charge in [-0.25, -0.2) is 9.50 Å². The molecule has 2 aromatic heterocycles. The molecule has 148 valence electrons. The fourth-order valence-corrected chi connectivity index (χ4v) is 4.50. The summed E-state index contributed by atoms with van der Waals surface area (Å²) < 4.78 is 14.2. The molecule has 3 N–H and O–H groups in total. The number of nitrogens with two attached hydrogens (primary N) is 1. The van der Waals surface area contributed by atoms with Gasteiger partial charge in [0.2, 0.25) is 0 Å². The maximum Gasteiger partial charge on any atom is 0.192 e. The van der Waals surface area contributed by atoms with E-state index in [-0.39, 0.29) is 5.04 Å². The third kappa shape index (κ3) is 3.29. The van der Waals surface area contributed by atoms with Crippen molar-refractivity contribution in [2.45, 2.75) is 63.1 Å². The molecule has 3 heterocycles. The number of aliphatic hydroxyl groups excluding tert-OH is 1. The van der Waals surface area contributed by atoms with Gasteiger partial charge in [-0.05, 0) is 30.3 Å². The number of nitrogens with zero attached hydrogens (tertiary/aromatic N) is 3. The summed E-state index contributed by atoms with van der Waals surface area (Å²) in [6.45, 7) is 10.2. The lowest BCUT2D eigenvalue weighted by molar-refractivity contribution is -0.145. The quantitative estimate of drug-likeness (QED) is 0.592. The van der Waals surface area contributed by atoms with Crippen molar-refractivity contribution < 1.29 is 19.1 Å². The van der Waals surface area contributed by atoms with E-state index in [4.69, 9.17) is 14.9 Å². The van der Waals surface area contributed by atoms with Crippen molar-refractivity contribution in [1.82, 2.24) is 14.6 Å². The Kier molecular flexibility index (Phi) is 4.92. The highest BCUT2D eigenvalue weighted by molar-refractivity contribution is 6.74. The molecule has 0 unspecified atom stereocenters. The van der Waals surface area contributed by atoms with Crippen molar-refractivity contribution in [2.75, 3.05) is 12.3 Å². The number of nitrogen functional groups attached to an aromatic ring is 1. The number of carbonyl (C=O) groups excluding carboxylic acids is 1. The van der Waals surface area contributed by atoms with E-state index in [9.17, 15) is 9.90 Å². The predicted molar refractivity (Wildman–Crippen MR) is 104 cm³/mol. The van der Waals surface area contributed by atoms with Crippen LogP contribution in [-0.4, -0.2) is 52.6 Å². The van der Waals surface area contributed by atoms with Crippen molar-refractivity contribution in [3.05, 3.63) is 24.2 Å². The van der Waals surface area contributed by atoms with Crippen LogP contribution < -0.4 is 5.73 Å². The van der Waals surface area contributed by atoms with Crippen LogP contribution in [0.3, 0.4) is 0 Å². The van der Waals surface area contributed by atoms with Crippen molar-refractivity contribution in [3.8, 4) is 0 Å². The third-order valence-corrected chi connectivity index (χ3v) is 10.4. The maximum absolute atomic E-state index is 11.9. The minimum atomic E-state index is -2.17. The second kappa shape index (κ2) is 6.66. The van der Waals surface area contributed by atoms with Gasteiger partial charge in [-0.3, -0.25) is 4.79 Å². The molecule has 0 saturated carbocycles. The van der Waals surface area contributed by atoms with Gasteiger partial charge in [0.05, 0.1) is 18.4 Å². The van der Waals surface area contributed by atoms with E-state index >= 15 is 0 Å². The first-order valence-corrected chi connectivity index (χ1v) is 12.0. The number of fused-ring (bicyclic) bond motifs is 1. The van der Waals surface area contributed by atoms with Gasteiger partial charge in [-0.2, -0.15) is 5.10 Å². The van der Waals surface area contributed by atoms with Crippen LogP contribution in [0.15, 0.2) is 18.5 Å². The zero-order valence-corrected chi connectivity index (χ0v) is 17.5. The monoisotopic (exact) mass is 392 g/mol. The Bertz CT molecular complexity index is 847. The standard InChI is InChI=1S/C18H28N4O4Si/c1-17(2,3)27(4,5)26-15-8-14(25-18(15,9-23)10-24)12-6-7-13-16(19)20-11-21-22(12)13/h6-7,9,11,14-15,24H,8,10H2,1-5H3,(H2,19,20,21)/t14-,15+,18-/m1/s1. The number of aliphatic hydroxyl groups is 1. The van der Waals surface area contributed by atoms with Crippen LogP contribution >= 0.6 is 0 Å². The van der Waals surface area contributed by atoms with Crippen molar-refractivity contribution >= 4 is 25.9 Å². The van der Waals surface area contributed by atoms with Crippen molar-refractivity contribution in [1.29, 1.82) is 0 Å². The highest BCUT2D eigenvalue weighted by Gasteiger charge is 2.53. The molecule has 0 radical (unpaired) electrons. The molecule has 3 atom stereocenters. The largest absolute Gasteiger partial charge is 0.410 e. The minimum Gasteiger partial charge on any atom is -0.410 e. The van der Waals surface area contributed by atoms with Crippen LogP contribution in [0, 0.1) is 0 Å². The zero-order valence-electron chi connectivity index (χ0n) is 16.5. The fraction of sp³-hybridized carbons (Fsp3) is 0.611. The summed E-state index contributed by atoms with van der Waals surface area (Å²) in [4.78, 5) is 15.9. The fourth-order valence-electron chi connectivity index (χ4n) is 3.14. The van der Waals surface area contributed by atoms with Gasteiger partial charge in [-0.15, -0.1) is 0 Å². The summed E-state index contributed by atoms with van der Waals surface area (Å²) in [6, 6.07) is 3.67. The van der Waals surface area contributed by atoms with Crippen LogP contribution in [0.4, 0.5) is 5.82 Å². The van der Waals surface area contributed by atoms with E-state index in [0.717, 1.165) is 5.69 Å². The van der Waals surface area contributed by atoms with E-state index < -0.39 is 32.7 Å². The Morgan fingerprint density at radius 2 is 2.19 bits per heavy atom. The maximum atomic E-state index is 11.9. The van der Waals surface area contributed by atoms with Gasteiger partial charge in [0.25, 0.3) is 0 Å². The Morgan fingerprint density at radius 3 is 2.78 bits per heavy atom. The Balaban J connectivity index is 1.96. The van der Waals surface area contributed by atoms with E-state index in [1.165, 1.54) is 6.33 Å². The topological polar surface area (TPSA) is 112 Å². The Hall–Kier alpha value is -1.81. The molecule has 1 fully saturated rings. The zero-order chi connectivity index (χ0) is 20.0. The number of rotatable bonds is 5. The average molecular weight is 393 g/mol. The number of ether oxygens (including phenoxy) is 1. The minimum absolute atomic E-state index is 0.0292. The number of aldehydes is 1. The Labute approximate surface area is 159 Å². The number of carbonyl (C=O) groups is 1. The highest BCUT2D eigenvalue weighted by atomic mass is 28.4. The summed E-state index contributed by atoms with van der Waals surface area (Å²) in [5.41, 5.74) is 5.94. The molecular formula is C18H28N4O4Si. The second-order valence-corrected chi connectivity index (χ2v) is 13.4. The van der Waals surface area contributed by atoms with E-state index in [0.29, 0.717) is 24.0 Å². The van der Waals surface area contributed by atoms with E-state index in [2.05, 4.69) is 43.9 Å². The van der Waals surface area contributed by atoms with Gasteiger partial charge < -0.3 is 20.0 Å². The first-order chi connectivity index (χ1) is 12.5.